The Hall–Kier alpha value is -1.89. The maximum absolute atomic E-state index is 11.8. The zero-order valence-corrected chi connectivity index (χ0v) is 13.0. The second kappa shape index (κ2) is 7.78. The van der Waals surface area contributed by atoms with Gasteiger partial charge in [-0.2, -0.15) is 11.3 Å². The van der Waals surface area contributed by atoms with Crippen molar-refractivity contribution in [1.82, 2.24) is 10.6 Å². The molecule has 1 rings (SSSR count). The highest BCUT2D eigenvalue weighted by atomic mass is 32.1. The van der Waals surface area contributed by atoms with Gasteiger partial charge in [-0.05, 0) is 24.8 Å². The summed E-state index contributed by atoms with van der Waals surface area (Å²) >= 11 is 1.42. The van der Waals surface area contributed by atoms with Gasteiger partial charge in [-0.25, -0.2) is 4.79 Å². The van der Waals surface area contributed by atoms with Gasteiger partial charge in [-0.3, -0.25) is 9.59 Å². The number of nitrogens with one attached hydrogen (secondary N) is 2. The Labute approximate surface area is 127 Å². The maximum atomic E-state index is 11.8. The van der Waals surface area contributed by atoms with E-state index in [1.54, 1.807) is 16.8 Å². The molecule has 0 aliphatic carbocycles. The quantitative estimate of drug-likeness (QED) is 0.680. The third-order valence-electron chi connectivity index (χ3n) is 3.06. The number of carbonyl (C=O) groups is 3. The van der Waals surface area contributed by atoms with Crippen molar-refractivity contribution in [1.29, 1.82) is 0 Å². The monoisotopic (exact) mass is 312 g/mol. The third-order valence-corrected chi connectivity index (χ3v) is 3.74. The van der Waals surface area contributed by atoms with E-state index in [1.165, 1.54) is 18.3 Å². The Bertz CT molecular complexity index is 501. The second-order valence-corrected chi connectivity index (χ2v) is 5.73. The summed E-state index contributed by atoms with van der Waals surface area (Å²) in [5, 5.41) is 17.8. The maximum Gasteiger partial charge on any atom is 0.329 e. The van der Waals surface area contributed by atoms with Crippen molar-refractivity contribution in [2.45, 2.75) is 38.6 Å². The van der Waals surface area contributed by atoms with E-state index in [2.05, 4.69) is 10.6 Å². The average molecular weight is 312 g/mol. The molecular weight excluding hydrogens is 292 g/mol. The zero-order chi connectivity index (χ0) is 15.9. The number of rotatable bonds is 8. The van der Waals surface area contributed by atoms with Crippen LogP contribution in [0.5, 0.6) is 0 Å². The molecule has 6 nitrogen and oxygen atoms in total. The Morgan fingerprint density at radius 3 is 2.62 bits per heavy atom. The summed E-state index contributed by atoms with van der Waals surface area (Å²) in [6.45, 7) is 3.51. The van der Waals surface area contributed by atoms with E-state index >= 15 is 0 Å². The number of amides is 2. The molecule has 3 N–H and O–H groups in total. The smallest absolute Gasteiger partial charge is 0.329 e. The standard InChI is InChI=1S/C14H20N2O4S/c1-3-6-14(2,13(19)20)16-11(17)4-7-15-12(18)10-5-8-21-9-10/h5,8-9H,3-4,6-7H2,1-2H3,(H,15,18)(H,16,17)(H,19,20). The van der Waals surface area contributed by atoms with Crippen molar-refractivity contribution in [3.05, 3.63) is 22.4 Å². The van der Waals surface area contributed by atoms with Gasteiger partial charge in [-0.15, -0.1) is 0 Å². The first-order chi connectivity index (χ1) is 9.89. The predicted octanol–water partition coefficient (Wildman–Crippen LogP) is 1.63. The van der Waals surface area contributed by atoms with Crippen LogP contribution in [0.4, 0.5) is 0 Å². The summed E-state index contributed by atoms with van der Waals surface area (Å²) in [6, 6.07) is 1.70. The lowest BCUT2D eigenvalue weighted by Gasteiger charge is -2.25. The van der Waals surface area contributed by atoms with Gasteiger partial charge in [0.2, 0.25) is 5.91 Å². The van der Waals surface area contributed by atoms with Crippen LogP contribution in [0.1, 0.15) is 43.5 Å². The molecule has 0 spiro atoms. The highest BCUT2D eigenvalue weighted by Gasteiger charge is 2.33. The number of hydrogen-bond acceptors (Lipinski definition) is 4. The molecule has 0 aliphatic rings. The molecule has 0 bridgehead atoms. The van der Waals surface area contributed by atoms with Crippen molar-refractivity contribution >= 4 is 29.1 Å². The highest BCUT2D eigenvalue weighted by Crippen LogP contribution is 2.12. The Morgan fingerprint density at radius 1 is 1.38 bits per heavy atom. The largest absolute Gasteiger partial charge is 0.480 e. The van der Waals surface area contributed by atoms with Crippen molar-refractivity contribution in [2.24, 2.45) is 0 Å². The summed E-state index contributed by atoms with van der Waals surface area (Å²) in [5.74, 6) is -1.68. The van der Waals surface area contributed by atoms with Gasteiger partial charge in [-0.1, -0.05) is 13.3 Å². The van der Waals surface area contributed by atoms with Gasteiger partial charge >= 0.3 is 5.97 Å². The summed E-state index contributed by atoms with van der Waals surface area (Å²) in [4.78, 5) is 34.6. The lowest BCUT2D eigenvalue weighted by molar-refractivity contribution is -0.147. The van der Waals surface area contributed by atoms with Gasteiger partial charge in [0, 0.05) is 23.9 Å². The summed E-state index contributed by atoms with van der Waals surface area (Å²) in [6.07, 6.45) is 1.05. The Morgan fingerprint density at radius 2 is 2.10 bits per heavy atom. The van der Waals surface area contributed by atoms with Crippen LogP contribution in [0, 0.1) is 0 Å². The molecule has 0 radical (unpaired) electrons. The normalized spacial score (nSPS) is 13.2. The molecule has 1 aromatic heterocycles. The summed E-state index contributed by atoms with van der Waals surface area (Å²) in [7, 11) is 0. The van der Waals surface area contributed by atoms with Gasteiger partial charge in [0.25, 0.3) is 5.91 Å². The number of aliphatic carboxylic acids is 1. The molecule has 1 atom stereocenters. The van der Waals surface area contributed by atoms with E-state index in [0.717, 1.165) is 0 Å². The van der Waals surface area contributed by atoms with E-state index in [-0.39, 0.29) is 24.8 Å². The molecule has 0 fully saturated rings. The molecular formula is C14H20N2O4S. The van der Waals surface area contributed by atoms with Crippen LogP contribution in [0.2, 0.25) is 0 Å². The van der Waals surface area contributed by atoms with Crippen LogP contribution in [-0.4, -0.2) is 35.0 Å². The minimum Gasteiger partial charge on any atom is -0.480 e. The Balaban J connectivity index is 2.40. The fourth-order valence-electron chi connectivity index (χ4n) is 1.88. The van der Waals surface area contributed by atoms with E-state index in [4.69, 9.17) is 5.11 Å². The van der Waals surface area contributed by atoms with E-state index in [1.807, 2.05) is 6.92 Å². The Kier molecular flexibility index (Phi) is 6.36. The zero-order valence-electron chi connectivity index (χ0n) is 12.1. The number of thiophene rings is 1. The third kappa shape index (κ3) is 5.18. The summed E-state index contributed by atoms with van der Waals surface area (Å²) < 4.78 is 0. The molecule has 0 aromatic carbocycles. The van der Waals surface area contributed by atoms with Crippen LogP contribution < -0.4 is 10.6 Å². The number of carboxylic acid groups (broad SMARTS) is 1. The molecule has 0 saturated heterocycles. The minimum atomic E-state index is -1.26. The first-order valence-electron chi connectivity index (χ1n) is 6.74. The van der Waals surface area contributed by atoms with Gasteiger partial charge in [0.1, 0.15) is 5.54 Å². The first kappa shape index (κ1) is 17.2. The number of carboxylic acids is 1. The van der Waals surface area contributed by atoms with Crippen LogP contribution in [0.15, 0.2) is 16.8 Å². The molecule has 1 heterocycles. The van der Waals surface area contributed by atoms with E-state index in [0.29, 0.717) is 18.4 Å². The van der Waals surface area contributed by atoms with Crippen molar-refractivity contribution in [3.63, 3.8) is 0 Å². The lowest BCUT2D eigenvalue weighted by Crippen LogP contribution is -2.52. The molecule has 7 heteroatoms. The van der Waals surface area contributed by atoms with Crippen LogP contribution >= 0.6 is 11.3 Å². The first-order valence-corrected chi connectivity index (χ1v) is 7.68. The van der Waals surface area contributed by atoms with Gasteiger partial charge in [0.05, 0.1) is 0 Å². The molecule has 21 heavy (non-hydrogen) atoms. The van der Waals surface area contributed by atoms with Crippen molar-refractivity contribution < 1.29 is 19.5 Å². The van der Waals surface area contributed by atoms with E-state index in [9.17, 15) is 14.4 Å². The fourth-order valence-corrected chi connectivity index (χ4v) is 2.51. The molecule has 1 unspecified atom stereocenters. The predicted molar refractivity (Wildman–Crippen MR) is 80.4 cm³/mol. The van der Waals surface area contributed by atoms with Crippen LogP contribution in [0.3, 0.4) is 0 Å². The van der Waals surface area contributed by atoms with Crippen molar-refractivity contribution in [3.8, 4) is 0 Å². The molecule has 1 aromatic rings. The second-order valence-electron chi connectivity index (χ2n) is 4.95. The summed E-state index contributed by atoms with van der Waals surface area (Å²) in [5.41, 5.74) is -0.704. The van der Waals surface area contributed by atoms with Crippen LogP contribution in [-0.2, 0) is 9.59 Å². The number of hydrogen-bond donors (Lipinski definition) is 3. The van der Waals surface area contributed by atoms with E-state index < -0.39 is 11.5 Å². The van der Waals surface area contributed by atoms with Crippen LogP contribution in [0.25, 0.3) is 0 Å². The topological polar surface area (TPSA) is 95.5 Å². The number of carbonyl (C=O) groups excluding carboxylic acids is 2. The molecule has 0 aliphatic heterocycles. The molecule has 0 saturated carbocycles. The van der Waals surface area contributed by atoms with Gasteiger partial charge < -0.3 is 15.7 Å². The fraction of sp³-hybridized carbons (Fsp3) is 0.500. The van der Waals surface area contributed by atoms with Crippen molar-refractivity contribution in [2.75, 3.05) is 6.54 Å². The molecule has 2 amide bonds. The lowest BCUT2D eigenvalue weighted by atomic mass is 9.96. The SMILES string of the molecule is CCCC(C)(NC(=O)CCNC(=O)c1ccsc1)C(=O)O. The highest BCUT2D eigenvalue weighted by molar-refractivity contribution is 7.08. The van der Waals surface area contributed by atoms with Gasteiger partial charge in [0.15, 0.2) is 0 Å². The minimum absolute atomic E-state index is 0.0441. The average Bonchev–Trinajstić information content (AvgIpc) is 2.92. The molecule has 116 valence electrons.